The van der Waals surface area contributed by atoms with Crippen molar-refractivity contribution in [3.05, 3.63) is 0 Å². The molecule has 218 valence electrons. The Bertz CT molecular complexity index is 580. The predicted octanol–water partition coefficient (Wildman–Crippen LogP) is 7.05. The van der Waals surface area contributed by atoms with Crippen molar-refractivity contribution in [3.63, 3.8) is 0 Å². The van der Waals surface area contributed by atoms with E-state index in [9.17, 15) is 24.6 Å². The van der Waals surface area contributed by atoms with Gasteiger partial charge in [-0.3, -0.25) is 9.68 Å². The molecule has 0 amide bonds. The molecule has 0 aromatic rings. The highest BCUT2D eigenvalue weighted by atomic mass is 17.2. The summed E-state index contributed by atoms with van der Waals surface area (Å²) in [5.41, 5.74) is -2.59. The molecule has 0 bridgehead atoms. The minimum absolute atomic E-state index is 0.164. The molecule has 0 aromatic heterocycles. The molecule has 0 radical (unpaired) electrons. The average molecular weight is 531 g/mol. The van der Waals surface area contributed by atoms with Crippen LogP contribution in [0.4, 0.5) is 0 Å². The molecule has 0 aromatic carbocycles. The minimum atomic E-state index is -2.59. The van der Waals surface area contributed by atoms with E-state index in [1.165, 1.54) is 77.0 Å². The monoisotopic (exact) mass is 530 g/mol. The molecule has 2 N–H and O–H groups in total. The molecular weight excluding hydrogens is 476 g/mol. The van der Waals surface area contributed by atoms with Crippen molar-refractivity contribution >= 4 is 17.9 Å². The van der Waals surface area contributed by atoms with Crippen LogP contribution < -0.4 is 0 Å². The van der Waals surface area contributed by atoms with Crippen molar-refractivity contribution in [1.29, 1.82) is 0 Å². The fraction of sp³-hybridized carbons (Fsp3) is 0.897. The van der Waals surface area contributed by atoms with Crippen LogP contribution in [-0.2, 0) is 28.9 Å². The smallest absolute Gasteiger partial charge is 0.345 e. The Morgan fingerprint density at radius 2 is 0.946 bits per heavy atom. The summed E-state index contributed by atoms with van der Waals surface area (Å²) in [5, 5.41) is 19.7. The van der Waals surface area contributed by atoms with Gasteiger partial charge >= 0.3 is 17.9 Å². The summed E-state index contributed by atoms with van der Waals surface area (Å²) in [6.07, 6.45) is 20.0. The van der Waals surface area contributed by atoms with Crippen molar-refractivity contribution in [2.45, 2.75) is 154 Å². The summed E-state index contributed by atoms with van der Waals surface area (Å²) in [7, 11) is 0. The van der Waals surface area contributed by atoms with Crippen molar-refractivity contribution in [1.82, 2.24) is 0 Å². The number of hydrogen-bond donors (Lipinski definition) is 2. The Balaban J connectivity index is 3.90. The van der Waals surface area contributed by atoms with Gasteiger partial charge in [-0.25, -0.2) is 9.59 Å². The van der Waals surface area contributed by atoms with Crippen LogP contribution >= 0.6 is 0 Å². The summed E-state index contributed by atoms with van der Waals surface area (Å²) < 4.78 is 5.07. The van der Waals surface area contributed by atoms with Crippen LogP contribution in [0.5, 0.6) is 0 Å². The second kappa shape index (κ2) is 24.7. The summed E-state index contributed by atoms with van der Waals surface area (Å²) >= 11 is 0. The summed E-state index contributed by atoms with van der Waals surface area (Å²) in [6.45, 7) is 4.77. The second-order valence-electron chi connectivity index (χ2n) is 10.2. The Kier molecular flexibility index (Phi) is 23.5. The van der Waals surface area contributed by atoms with Gasteiger partial charge in [0.1, 0.15) is 0 Å². The SMILES string of the molecule is CCCCCCCCCCCCCOC(=O)CC(O)(CC(=O)OOCCCCCCCCCC)C(=O)O. The van der Waals surface area contributed by atoms with Gasteiger partial charge in [0.25, 0.3) is 0 Å². The number of carboxylic acid groups (broad SMARTS) is 1. The van der Waals surface area contributed by atoms with Gasteiger partial charge in [-0.1, -0.05) is 123 Å². The molecular formula is C29H54O8. The van der Waals surface area contributed by atoms with E-state index in [0.29, 0.717) is 6.42 Å². The van der Waals surface area contributed by atoms with E-state index in [1.807, 2.05) is 0 Å². The number of aliphatic hydroxyl groups is 1. The first-order chi connectivity index (χ1) is 17.9. The zero-order chi connectivity index (χ0) is 27.6. The third kappa shape index (κ3) is 22.1. The van der Waals surface area contributed by atoms with E-state index >= 15 is 0 Å². The maximum absolute atomic E-state index is 12.0. The number of hydrogen-bond acceptors (Lipinski definition) is 7. The Morgan fingerprint density at radius 3 is 1.38 bits per heavy atom. The maximum atomic E-state index is 12.0. The topological polar surface area (TPSA) is 119 Å². The van der Waals surface area contributed by atoms with Crippen LogP contribution in [0.1, 0.15) is 149 Å². The van der Waals surface area contributed by atoms with Gasteiger partial charge in [0.05, 0.1) is 26.1 Å². The highest BCUT2D eigenvalue weighted by molar-refractivity contribution is 5.88. The highest BCUT2D eigenvalue weighted by Gasteiger charge is 2.42. The first kappa shape index (κ1) is 35.3. The number of esters is 1. The van der Waals surface area contributed by atoms with Gasteiger partial charge in [-0.2, -0.15) is 4.89 Å². The first-order valence-corrected chi connectivity index (χ1v) is 14.8. The molecule has 0 aliphatic carbocycles. The number of aliphatic carboxylic acids is 1. The molecule has 8 heteroatoms. The number of unbranched alkanes of at least 4 members (excludes halogenated alkanes) is 17. The van der Waals surface area contributed by atoms with E-state index in [-0.39, 0.29) is 13.2 Å². The first-order valence-electron chi connectivity index (χ1n) is 14.8. The maximum Gasteiger partial charge on any atom is 0.345 e. The molecule has 0 heterocycles. The minimum Gasteiger partial charge on any atom is -0.479 e. The van der Waals surface area contributed by atoms with Gasteiger partial charge < -0.3 is 14.9 Å². The molecule has 0 spiro atoms. The molecule has 0 rings (SSSR count). The number of rotatable bonds is 27. The van der Waals surface area contributed by atoms with E-state index in [1.54, 1.807) is 0 Å². The third-order valence-corrected chi connectivity index (χ3v) is 6.52. The molecule has 1 atom stereocenters. The normalized spacial score (nSPS) is 12.7. The molecule has 1 unspecified atom stereocenters. The number of ether oxygens (including phenoxy) is 1. The van der Waals surface area contributed by atoms with E-state index in [0.717, 1.165) is 38.5 Å². The average Bonchev–Trinajstić information content (AvgIpc) is 2.85. The van der Waals surface area contributed by atoms with Crippen molar-refractivity contribution in [2.24, 2.45) is 0 Å². The van der Waals surface area contributed by atoms with Crippen LogP contribution in [0.2, 0.25) is 0 Å². The van der Waals surface area contributed by atoms with Crippen LogP contribution in [0.25, 0.3) is 0 Å². The highest BCUT2D eigenvalue weighted by Crippen LogP contribution is 2.19. The number of carbonyl (C=O) groups is 3. The van der Waals surface area contributed by atoms with Gasteiger partial charge in [0.2, 0.25) is 0 Å². The Hall–Kier alpha value is -1.67. The van der Waals surface area contributed by atoms with Gasteiger partial charge in [0.15, 0.2) is 5.60 Å². The quantitative estimate of drug-likeness (QED) is 0.0501. The predicted molar refractivity (Wildman–Crippen MR) is 144 cm³/mol. The fourth-order valence-electron chi connectivity index (χ4n) is 4.13. The van der Waals surface area contributed by atoms with Crippen molar-refractivity contribution < 1.29 is 39.1 Å². The Labute approximate surface area is 224 Å². The van der Waals surface area contributed by atoms with E-state index in [4.69, 9.17) is 9.62 Å². The Morgan fingerprint density at radius 1 is 0.568 bits per heavy atom. The van der Waals surface area contributed by atoms with Gasteiger partial charge in [0, 0.05) is 0 Å². The molecule has 0 saturated carbocycles. The lowest BCUT2D eigenvalue weighted by atomic mass is 9.96. The zero-order valence-electron chi connectivity index (χ0n) is 23.6. The molecule has 0 saturated heterocycles. The number of carboxylic acids is 1. The van der Waals surface area contributed by atoms with Crippen molar-refractivity contribution in [3.8, 4) is 0 Å². The van der Waals surface area contributed by atoms with Gasteiger partial charge in [-0.15, -0.1) is 0 Å². The molecule has 0 aliphatic rings. The molecule has 8 nitrogen and oxygen atoms in total. The molecule has 0 aliphatic heterocycles. The standard InChI is InChI=1S/C29H54O8/c1-3-5-7-9-11-13-14-15-16-18-20-22-35-26(30)24-29(34,28(32)33)25-27(31)37-36-23-21-19-17-12-10-8-6-4-2/h34H,3-25H2,1-2H3,(H,32,33). The van der Waals surface area contributed by atoms with Crippen LogP contribution in [0.3, 0.4) is 0 Å². The summed E-state index contributed by atoms with van der Waals surface area (Å²) in [5.74, 6) is -3.58. The van der Waals surface area contributed by atoms with E-state index in [2.05, 4.69) is 18.7 Å². The number of carbonyl (C=O) groups excluding carboxylic acids is 2. The largest absolute Gasteiger partial charge is 0.479 e. The van der Waals surface area contributed by atoms with Crippen LogP contribution in [0, 0.1) is 0 Å². The molecule has 0 fully saturated rings. The molecule has 37 heavy (non-hydrogen) atoms. The zero-order valence-corrected chi connectivity index (χ0v) is 23.6. The van der Waals surface area contributed by atoms with Crippen LogP contribution in [-0.4, -0.2) is 46.9 Å². The second-order valence-corrected chi connectivity index (χ2v) is 10.2. The lowest BCUT2D eigenvalue weighted by molar-refractivity contribution is -0.275. The third-order valence-electron chi connectivity index (χ3n) is 6.52. The van der Waals surface area contributed by atoms with E-state index < -0.39 is 36.4 Å². The lowest BCUT2D eigenvalue weighted by Crippen LogP contribution is -2.43. The summed E-state index contributed by atoms with van der Waals surface area (Å²) in [4.78, 5) is 44.9. The summed E-state index contributed by atoms with van der Waals surface area (Å²) in [6, 6.07) is 0. The van der Waals surface area contributed by atoms with Crippen molar-refractivity contribution in [2.75, 3.05) is 13.2 Å². The fourth-order valence-corrected chi connectivity index (χ4v) is 4.13. The van der Waals surface area contributed by atoms with Crippen LogP contribution in [0.15, 0.2) is 0 Å². The lowest BCUT2D eigenvalue weighted by Gasteiger charge is -2.21. The van der Waals surface area contributed by atoms with Gasteiger partial charge in [-0.05, 0) is 12.8 Å².